The third-order valence-corrected chi connectivity index (χ3v) is 5.39. The van der Waals surface area contributed by atoms with Crippen molar-refractivity contribution in [3.63, 3.8) is 0 Å². The predicted octanol–water partition coefficient (Wildman–Crippen LogP) is 3.12. The van der Waals surface area contributed by atoms with Crippen molar-refractivity contribution < 1.29 is 19.0 Å². The maximum atomic E-state index is 13.2. The summed E-state index contributed by atoms with van der Waals surface area (Å²) in [6, 6.07) is 13.9. The van der Waals surface area contributed by atoms with E-state index in [1.807, 2.05) is 42.2 Å². The number of hydrogen-bond acceptors (Lipinski definition) is 4. The van der Waals surface area contributed by atoms with Gasteiger partial charge in [-0.3, -0.25) is 4.79 Å². The van der Waals surface area contributed by atoms with Gasteiger partial charge in [-0.25, -0.2) is 0 Å². The number of carbonyl (C=O) groups is 1. The average Bonchev–Trinajstić information content (AvgIpc) is 2.95. The highest BCUT2D eigenvalue weighted by molar-refractivity contribution is 5.82. The molecule has 2 aliphatic heterocycles. The Morgan fingerprint density at radius 2 is 1.73 bits per heavy atom. The van der Waals surface area contributed by atoms with Crippen LogP contribution in [0, 0.1) is 0 Å². The van der Waals surface area contributed by atoms with Crippen LogP contribution in [-0.4, -0.2) is 37.4 Å². The Kier molecular flexibility index (Phi) is 4.11. The van der Waals surface area contributed by atoms with Crippen LogP contribution in [0.15, 0.2) is 42.5 Å². The first-order valence-electron chi connectivity index (χ1n) is 8.80. The molecule has 1 fully saturated rings. The molecule has 136 valence electrons. The number of amides is 1. The normalized spacial score (nSPS) is 24.7. The minimum atomic E-state index is -0.664. The molecule has 5 heteroatoms. The molecule has 2 aromatic carbocycles. The molecule has 0 N–H and O–H groups in total. The molecule has 2 heterocycles. The zero-order valence-corrected chi connectivity index (χ0v) is 15.3. The minimum Gasteiger partial charge on any atom is -0.493 e. The quantitative estimate of drug-likeness (QED) is 0.851. The molecular formula is C21H23NO4. The Morgan fingerprint density at radius 1 is 1.08 bits per heavy atom. The van der Waals surface area contributed by atoms with Gasteiger partial charge in [0.05, 0.1) is 33.3 Å². The van der Waals surface area contributed by atoms with Gasteiger partial charge in [0.25, 0.3) is 0 Å². The van der Waals surface area contributed by atoms with Crippen molar-refractivity contribution >= 4 is 5.91 Å². The highest BCUT2D eigenvalue weighted by Gasteiger charge is 2.49. The number of carbonyl (C=O) groups excluding carboxylic acids is 1. The summed E-state index contributed by atoms with van der Waals surface area (Å²) in [5.41, 5.74) is 2.47. The average molecular weight is 353 g/mol. The van der Waals surface area contributed by atoms with Crippen molar-refractivity contribution in [1.82, 2.24) is 4.90 Å². The second-order valence-electron chi connectivity index (χ2n) is 7.01. The van der Waals surface area contributed by atoms with Crippen molar-refractivity contribution in [2.45, 2.75) is 31.5 Å². The summed E-state index contributed by atoms with van der Waals surface area (Å²) in [6.45, 7) is 2.51. The predicted molar refractivity (Wildman–Crippen MR) is 97.3 cm³/mol. The van der Waals surface area contributed by atoms with Crippen LogP contribution in [0.5, 0.6) is 11.5 Å². The molecule has 0 aliphatic carbocycles. The van der Waals surface area contributed by atoms with Crippen molar-refractivity contribution in [3.05, 3.63) is 59.2 Å². The zero-order chi connectivity index (χ0) is 18.3. The molecule has 0 bridgehead atoms. The summed E-state index contributed by atoms with van der Waals surface area (Å²) in [7, 11) is 3.23. The SMILES string of the molecule is COc1cc2c(cc1OC)C[C@]1(C)OC[C@@H](c3ccccc3)N1C(=O)C2. The maximum absolute atomic E-state index is 13.2. The fourth-order valence-corrected chi connectivity index (χ4v) is 4.12. The molecule has 0 aromatic heterocycles. The van der Waals surface area contributed by atoms with Crippen LogP contribution < -0.4 is 9.47 Å². The number of hydrogen-bond donors (Lipinski definition) is 0. The van der Waals surface area contributed by atoms with E-state index in [0.29, 0.717) is 30.9 Å². The topological polar surface area (TPSA) is 48.0 Å². The molecule has 0 unspecified atom stereocenters. The second-order valence-corrected chi connectivity index (χ2v) is 7.01. The smallest absolute Gasteiger partial charge is 0.229 e. The molecule has 2 aliphatic rings. The lowest BCUT2D eigenvalue weighted by molar-refractivity contribution is -0.146. The number of methoxy groups -OCH3 is 2. The van der Waals surface area contributed by atoms with Gasteiger partial charge in [0, 0.05) is 6.42 Å². The fraction of sp³-hybridized carbons (Fsp3) is 0.381. The highest BCUT2D eigenvalue weighted by atomic mass is 16.5. The first-order chi connectivity index (χ1) is 12.6. The van der Waals surface area contributed by atoms with E-state index in [1.165, 1.54) is 0 Å². The largest absolute Gasteiger partial charge is 0.493 e. The summed E-state index contributed by atoms with van der Waals surface area (Å²) < 4.78 is 17.0. The Balaban J connectivity index is 1.76. The molecule has 26 heavy (non-hydrogen) atoms. The van der Waals surface area contributed by atoms with Gasteiger partial charge in [0.2, 0.25) is 5.91 Å². The monoisotopic (exact) mass is 353 g/mol. The lowest BCUT2D eigenvalue weighted by atomic mass is 9.98. The van der Waals surface area contributed by atoms with E-state index in [4.69, 9.17) is 14.2 Å². The molecule has 5 nitrogen and oxygen atoms in total. The van der Waals surface area contributed by atoms with Crippen LogP contribution >= 0.6 is 0 Å². The number of fused-ring (bicyclic) bond motifs is 2. The van der Waals surface area contributed by atoms with Crippen LogP contribution in [0.4, 0.5) is 0 Å². The molecule has 2 aromatic rings. The van der Waals surface area contributed by atoms with Crippen molar-refractivity contribution in [3.8, 4) is 11.5 Å². The summed E-state index contributed by atoms with van der Waals surface area (Å²) in [6.07, 6.45) is 0.954. The van der Waals surface area contributed by atoms with E-state index < -0.39 is 5.72 Å². The van der Waals surface area contributed by atoms with Gasteiger partial charge in [-0.05, 0) is 35.7 Å². The second kappa shape index (κ2) is 6.32. The molecule has 0 radical (unpaired) electrons. The van der Waals surface area contributed by atoms with Crippen LogP contribution in [0.2, 0.25) is 0 Å². The number of nitrogens with zero attached hydrogens (tertiary/aromatic N) is 1. The van der Waals surface area contributed by atoms with Gasteiger partial charge in [-0.1, -0.05) is 30.3 Å². The zero-order valence-electron chi connectivity index (χ0n) is 15.3. The first-order valence-corrected chi connectivity index (χ1v) is 8.80. The summed E-state index contributed by atoms with van der Waals surface area (Å²) in [4.78, 5) is 15.1. The molecule has 1 saturated heterocycles. The van der Waals surface area contributed by atoms with Crippen LogP contribution in [0.3, 0.4) is 0 Å². The maximum Gasteiger partial charge on any atom is 0.229 e. The van der Waals surface area contributed by atoms with E-state index in [2.05, 4.69) is 12.1 Å². The van der Waals surface area contributed by atoms with Gasteiger partial charge in [-0.2, -0.15) is 0 Å². The lowest BCUT2D eigenvalue weighted by Gasteiger charge is -2.35. The molecular weight excluding hydrogens is 330 g/mol. The minimum absolute atomic E-state index is 0.0631. The van der Waals surface area contributed by atoms with Crippen molar-refractivity contribution in [2.75, 3.05) is 20.8 Å². The Hall–Kier alpha value is -2.53. The van der Waals surface area contributed by atoms with Crippen molar-refractivity contribution in [2.24, 2.45) is 0 Å². The Bertz CT molecular complexity index is 835. The molecule has 2 atom stereocenters. The summed E-state index contributed by atoms with van der Waals surface area (Å²) in [5.74, 6) is 1.39. The van der Waals surface area contributed by atoms with E-state index in [-0.39, 0.29) is 11.9 Å². The van der Waals surface area contributed by atoms with Crippen LogP contribution in [-0.2, 0) is 22.4 Å². The third kappa shape index (κ3) is 2.63. The van der Waals surface area contributed by atoms with Gasteiger partial charge in [0.15, 0.2) is 11.5 Å². The van der Waals surface area contributed by atoms with Gasteiger partial charge in [-0.15, -0.1) is 0 Å². The van der Waals surface area contributed by atoms with Crippen LogP contribution in [0.25, 0.3) is 0 Å². The number of benzene rings is 2. The van der Waals surface area contributed by atoms with Gasteiger partial charge >= 0.3 is 0 Å². The summed E-state index contributed by atoms with van der Waals surface area (Å²) >= 11 is 0. The van der Waals surface area contributed by atoms with Crippen LogP contribution in [0.1, 0.15) is 29.7 Å². The highest BCUT2D eigenvalue weighted by Crippen LogP contribution is 2.43. The number of rotatable bonds is 3. The van der Waals surface area contributed by atoms with E-state index in [0.717, 1.165) is 16.7 Å². The third-order valence-electron chi connectivity index (χ3n) is 5.39. The number of ether oxygens (including phenoxy) is 3. The molecule has 0 spiro atoms. The standard InChI is InChI=1S/C21H23NO4/c1-21-12-16-10-19(25-3)18(24-2)9-15(16)11-20(23)22(21)17(13-26-21)14-7-5-4-6-8-14/h4-10,17H,11-13H2,1-3H3/t17-,21-/m0/s1. The van der Waals surface area contributed by atoms with Gasteiger partial charge < -0.3 is 19.1 Å². The Labute approximate surface area is 153 Å². The van der Waals surface area contributed by atoms with Crippen molar-refractivity contribution in [1.29, 1.82) is 0 Å². The lowest BCUT2D eigenvalue weighted by Crippen LogP contribution is -2.47. The first kappa shape index (κ1) is 16.9. The summed E-state index contributed by atoms with van der Waals surface area (Å²) in [5, 5.41) is 0. The molecule has 4 rings (SSSR count). The fourth-order valence-electron chi connectivity index (χ4n) is 4.12. The van der Waals surface area contributed by atoms with E-state index in [9.17, 15) is 4.79 Å². The molecule has 0 saturated carbocycles. The van der Waals surface area contributed by atoms with Gasteiger partial charge in [0.1, 0.15) is 5.72 Å². The molecule has 1 amide bonds. The van der Waals surface area contributed by atoms with E-state index >= 15 is 0 Å². The Morgan fingerprint density at radius 3 is 2.38 bits per heavy atom. The van der Waals surface area contributed by atoms with E-state index in [1.54, 1.807) is 14.2 Å².